The molecule has 3 aliphatic heterocycles. The number of benzene rings is 4. The smallest absolute Gasteiger partial charge is 0.266 e. The van der Waals surface area contributed by atoms with Gasteiger partial charge in [0, 0.05) is 38.1 Å². The maximum atomic E-state index is 12.2. The number of imide groups is 1. The van der Waals surface area contributed by atoms with Crippen LogP contribution in [0.4, 0.5) is 17.2 Å². The molecule has 7 heteroatoms. The summed E-state index contributed by atoms with van der Waals surface area (Å²) in [5.74, 6) is 0.570. The lowest BCUT2D eigenvalue weighted by Gasteiger charge is -2.17. The lowest BCUT2D eigenvalue weighted by Crippen LogP contribution is -2.29. The average Bonchev–Trinajstić information content (AvgIpc) is 3.84. The summed E-state index contributed by atoms with van der Waals surface area (Å²) in [5.41, 5.74) is 11.9. The molecule has 0 atom stereocenters. The second-order valence-corrected chi connectivity index (χ2v) is 12.9. The molecule has 2 aromatic heterocycles. The molecule has 0 aliphatic carbocycles. The Labute approximate surface area is 293 Å². The highest BCUT2D eigenvalue weighted by atomic mass is 16.2. The first-order chi connectivity index (χ1) is 24.3. The maximum absolute atomic E-state index is 12.2. The number of amides is 2. The van der Waals surface area contributed by atoms with Gasteiger partial charge >= 0.3 is 0 Å². The highest BCUT2D eigenvalue weighted by molar-refractivity contribution is 6.34. The molecule has 9 rings (SSSR count). The summed E-state index contributed by atoms with van der Waals surface area (Å²) >= 11 is 0. The van der Waals surface area contributed by atoms with Crippen LogP contribution in [-0.2, 0) is 26.2 Å². The molecule has 6 aromatic rings. The van der Waals surface area contributed by atoms with Crippen molar-refractivity contribution in [1.29, 1.82) is 0 Å². The predicted molar refractivity (Wildman–Crippen MR) is 199 cm³/mol. The molecule has 0 radical (unpaired) electrons. The second-order valence-electron chi connectivity index (χ2n) is 12.9. The van der Waals surface area contributed by atoms with Gasteiger partial charge in [-0.25, -0.2) is 9.88 Å². The number of anilines is 3. The fraction of sp³-hybridized carbons (Fsp3) is 0.163. The Morgan fingerprint density at radius 1 is 0.460 bits per heavy atom. The fourth-order valence-electron chi connectivity index (χ4n) is 6.42. The van der Waals surface area contributed by atoms with Crippen LogP contribution in [0.1, 0.15) is 59.8 Å². The summed E-state index contributed by atoms with van der Waals surface area (Å²) < 4.78 is 0. The molecular formula is C43H39N5O2. The topological polar surface area (TPSA) is 69.6 Å². The molecule has 0 N–H and O–H groups in total. The van der Waals surface area contributed by atoms with E-state index in [2.05, 4.69) is 99.5 Å². The molecule has 0 unspecified atom stereocenters. The van der Waals surface area contributed by atoms with Gasteiger partial charge in [-0.05, 0) is 91.1 Å². The molecular weight excluding hydrogens is 619 g/mol. The van der Waals surface area contributed by atoms with Crippen LogP contribution in [0.3, 0.4) is 0 Å². The molecule has 5 heterocycles. The zero-order valence-electron chi connectivity index (χ0n) is 28.6. The van der Waals surface area contributed by atoms with E-state index in [9.17, 15) is 9.59 Å². The highest BCUT2D eigenvalue weighted by Crippen LogP contribution is 2.30. The van der Waals surface area contributed by atoms with E-state index in [1.807, 2.05) is 38.4 Å². The van der Waals surface area contributed by atoms with E-state index in [-0.39, 0.29) is 11.8 Å². The molecule has 0 fully saturated rings. The normalized spacial score (nSPS) is 13.9. The van der Waals surface area contributed by atoms with E-state index in [0.29, 0.717) is 16.8 Å². The van der Waals surface area contributed by atoms with Crippen molar-refractivity contribution in [2.45, 2.75) is 47.0 Å². The number of carbonyl (C=O) groups is 2. The first kappa shape index (κ1) is 32.5. The Morgan fingerprint density at radius 2 is 0.940 bits per heavy atom. The lowest BCUT2D eigenvalue weighted by atomic mass is 10.1. The molecule has 4 aromatic carbocycles. The largest absolute Gasteiger partial charge is 0.362 e. The molecule has 0 saturated heterocycles. The number of hydrogen-bond donors (Lipinski definition) is 0. The van der Waals surface area contributed by atoms with Crippen molar-refractivity contribution < 1.29 is 9.59 Å². The summed E-state index contributed by atoms with van der Waals surface area (Å²) in [7, 11) is 0. The zero-order chi connectivity index (χ0) is 34.6. The van der Waals surface area contributed by atoms with Gasteiger partial charge in [-0.2, -0.15) is 0 Å². The van der Waals surface area contributed by atoms with Crippen molar-refractivity contribution in [2.75, 3.05) is 14.7 Å². The molecule has 2 amide bonds. The quantitative estimate of drug-likeness (QED) is 0.178. The minimum absolute atomic E-state index is 0.251. The minimum Gasteiger partial charge on any atom is -0.362 e. The van der Waals surface area contributed by atoms with E-state index in [0.717, 1.165) is 43.3 Å². The molecule has 248 valence electrons. The molecule has 0 bridgehead atoms. The van der Waals surface area contributed by atoms with Crippen LogP contribution in [0.25, 0.3) is 0 Å². The van der Waals surface area contributed by atoms with Crippen molar-refractivity contribution >= 4 is 29.0 Å². The van der Waals surface area contributed by atoms with Crippen LogP contribution in [0.15, 0.2) is 134 Å². The van der Waals surface area contributed by atoms with Crippen molar-refractivity contribution in [3.05, 3.63) is 184 Å². The van der Waals surface area contributed by atoms with Crippen LogP contribution in [0.5, 0.6) is 0 Å². The number of fused-ring (bicyclic) bond motifs is 3. The maximum Gasteiger partial charge on any atom is 0.266 e. The van der Waals surface area contributed by atoms with Crippen molar-refractivity contribution in [3.8, 4) is 0 Å². The molecule has 3 aliphatic rings. The van der Waals surface area contributed by atoms with E-state index in [4.69, 9.17) is 0 Å². The van der Waals surface area contributed by atoms with Crippen LogP contribution in [0.2, 0.25) is 0 Å². The van der Waals surface area contributed by atoms with Crippen LogP contribution < -0.4 is 14.7 Å². The third kappa shape index (κ3) is 6.89. The number of pyridine rings is 2. The number of aryl methyl sites for hydroxylation is 3. The third-order valence-corrected chi connectivity index (χ3v) is 9.25. The van der Waals surface area contributed by atoms with Crippen molar-refractivity contribution in [2.24, 2.45) is 0 Å². The van der Waals surface area contributed by atoms with Gasteiger partial charge in [-0.3, -0.25) is 14.6 Å². The van der Waals surface area contributed by atoms with E-state index in [1.54, 1.807) is 36.4 Å². The highest BCUT2D eigenvalue weighted by Gasteiger charge is 2.36. The summed E-state index contributed by atoms with van der Waals surface area (Å²) in [6.45, 7) is 10.0. The average molecular weight is 658 g/mol. The molecule has 7 nitrogen and oxygen atoms in total. The van der Waals surface area contributed by atoms with E-state index in [1.165, 1.54) is 38.4 Å². The monoisotopic (exact) mass is 657 g/mol. The summed E-state index contributed by atoms with van der Waals surface area (Å²) in [6.07, 6.45) is 3.89. The first-order valence-electron chi connectivity index (χ1n) is 16.9. The van der Waals surface area contributed by atoms with Gasteiger partial charge in [0.25, 0.3) is 11.8 Å². The standard InChI is InChI=1S/C15H11NO2.2C14H14N2/c1-10-6-8-11(9-7-10)16-14(17)12-4-2-3-5-13(12)15(16)18;1-11-6-7-14(8-15-11)16-9-12-4-2-3-5-13(12)10-16;1-11-6-7-14(15-8-11)16-9-12-4-2-3-5-13(12)10-16/h2-9H,1H3;2*2-8H,9-10H2,1H3. The second kappa shape index (κ2) is 14.2. The Morgan fingerprint density at radius 3 is 1.42 bits per heavy atom. The van der Waals surface area contributed by atoms with Gasteiger partial charge in [0.2, 0.25) is 0 Å². The number of hydrogen-bond acceptors (Lipinski definition) is 6. The van der Waals surface area contributed by atoms with Crippen LogP contribution >= 0.6 is 0 Å². The first-order valence-corrected chi connectivity index (χ1v) is 16.9. The number of aromatic nitrogens is 2. The van der Waals surface area contributed by atoms with Gasteiger partial charge in [-0.15, -0.1) is 0 Å². The number of carbonyl (C=O) groups excluding carboxylic acids is 2. The Hall–Kier alpha value is -6.08. The van der Waals surface area contributed by atoms with Crippen molar-refractivity contribution in [1.82, 2.24) is 9.97 Å². The van der Waals surface area contributed by atoms with Gasteiger partial charge in [0.15, 0.2) is 0 Å². The SMILES string of the molecule is Cc1ccc(N2C(=O)c3ccccc3C2=O)cc1.Cc1ccc(N2Cc3ccccc3C2)cn1.Cc1ccc(N2Cc3ccccc3C2)nc1. The molecule has 50 heavy (non-hydrogen) atoms. The Bertz CT molecular complexity index is 1960. The molecule has 0 spiro atoms. The number of nitrogens with zero attached hydrogens (tertiary/aromatic N) is 5. The summed E-state index contributed by atoms with van der Waals surface area (Å²) in [6, 6.07) is 39.9. The van der Waals surface area contributed by atoms with Gasteiger partial charge in [0.1, 0.15) is 5.82 Å². The Balaban J connectivity index is 0.000000118. The van der Waals surface area contributed by atoms with Gasteiger partial charge in [-0.1, -0.05) is 84.4 Å². The van der Waals surface area contributed by atoms with Crippen LogP contribution in [-0.4, -0.2) is 21.8 Å². The van der Waals surface area contributed by atoms with Crippen LogP contribution in [0, 0.1) is 20.8 Å². The lowest BCUT2D eigenvalue weighted by molar-refractivity contribution is 0.0926. The summed E-state index contributed by atoms with van der Waals surface area (Å²) in [5, 5.41) is 0. The summed E-state index contributed by atoms with van der Waals surface area (Å²) in [4.78, 5) is 39.1. The number of rotatable bonds is 3. The molecule has 0 saturated carbocycles. The predicted octanol–water partition coefficient (Wildman–Crippen LogP) is 8.62. The third-order valence-electron chi connectivity index (χ3n) is 9.25. The van der Waals surface area contributed by atoms with Gasteiger partial charge < -0.3 is 9.80 Å². The zero-order valence-corrected chi connectivity index (χ0v) is 28.6. The van der Waals surface area contributed by atoms with Crippen molar-refractivity contribution in [3.63, 3.8) is 0 Å². The van der Waals surface area contributed by atoms with E-state index < -0.39 is 0 Å². The Kier molecular flexibility index (Phi) is 9.21. The van der Waals surface area contributed by atoms with Gasteiger partial charge in [0.05, 0.1) is 28.7 Å². The minimum atomic E-state index is -0.251. The van der Waals surface area contributed by atoms with E-state index >= 15 is 0 Å². The fourth-order valence-corrected chi connectivity index (χ4v) is 6.42.